The molecular formula is C10H13F6NO3. The van der Waals surface area contributed by atoms with Crippen LogP contribution in [0.2, 0.25) is 0 Å². The molecule has 0 aliphatic rings. The molecule has 0 aromatic rings. The smallest absolute Gasteiger partial charge is 0.409 e. The van der Waals surface area contributed by atoms with Crippen LogP contribution in [0.15, 0.2) is 0 Å². The molecule has 0 rings (SSSR count). The topological polar surface area (TPSA) is 46.6 Å². The zero-order valence-corrected chi connectivity index (χ0v) is 10.8. The Morgan fingerprint density at radius 1 is 1.10 bits per heavy atom. The minimum Gasteiger partial charge on any atom is -0.469 e. The first-order chi connectivity index (χ1) is 8.82. The number of nitrogens with zero attached hydrogens (tertiary/aromatic N) is 1. The van der Waals surface area contributed by atoms with Crippen LogP contribution >= 0.6 is 0 Å². The summed E-state index contributed by atoms with van der Waals surface area (Å²) < 4.78 is 78.2. The molecule has 1 atom stereocenters. The van der Waals surface area contributed by atoms with Gasteiger partial charge in [-0.15, -0.1) is 0 Å². The lowest BCUT2D eigenvalue weighted by Gasteiger charge is -2.28. The first kappa shape index (κ1) is 18.5. The van der Waals surface area contributed by atoms with Crippen molar-refractivity contribution in [2.24, 2.45) is 11.8 Å². The van der Waals surface area contributed by atoms with Crippen molar-refractivity contribution in [1.29, 1.82) is 0 Å². The van der Waals surface area contributed by atoms with Gasteiger partial charge in [0.25, 0.3) is 0 Å². The molecule has 0 aromatic heterocycles. The number of rotatable bonds is 4. The number of methoxy groups -OCH3 is 1. The van der Waals surface area contributed by atoms with Crippen molar-refractivity contribution in [3.63, 3.8) is 0 Å². The molecule has 0 N–H and O–H groups in total. The molecule has 0 aromatic carbocycles. The second kappa shape index (κ2) is 6.31. The molecule has 1 amide bonds. The average Bonchev–Trinajstić information content (AvgIpc) is 2.23. The lowest BCUT2D eigenvalue weighted by molar-refractivity contribution is -0.277. The normalized spacial score (nSPS) is 14.1. The summed E-state index contributed by atoms with van der Waals surface area (Å²) >= 11 is 0. The number of hydrogen-bond donors (Lipinski definition) is 0. The summed E-state index contributed by atoms with van der Waals surface area (Å²) in [6.45, 7) is 0.597. The molecule has 0 saturated carbocycles. The lowest BCUT2D eigenvalue weighted by atomic mass is 10.1. The maximum absolute atomic E-state index is 12.3. The number of halogens is 6. The summed E-state index contributed by atoms with van der Waals surface area (Å²) in [6.07, 6.45) is -11.5. The summed E-state index contributed by atoms with van der Waals surface area (Å²) in [6, 6.07) is 0. The first-order valence-corrected chi connectivity index (χ1v) is 5.28. The molecule has 0 saturated heterocycles. The highest BCUT2D eigenvalue weighted by atomic mass is 19.4. The second-order valence-corrected chi connectivity index (χ2v) is 4.16. The summed E-state index contributed by atoms with van der Waals surface area (Å²) in [5.41, 5.74) is 0. The molecule has 0 spiro atoms. The molecule has 10 heteroatoms. The molecule has 0 aliphatic heterocycles. The Morgan fingerprint density at radius 3 is 1.80 bits per heavy atom. The number of alkyl halides is 6. The highest BCUT2D eigenvalue weighted by molar-refractivity contribution is 5.81. The van der Waals surface area contributed by atoms with Gasteiger partial charge in [0, 0.05) is 13.6 Å². The van der Waals surface area contributed by atoms with E-state index in [0.717, 1.165) is 14.2 Å². The van der Waals surface area contributed by atoms with Gasteiger partial charge in [-0.2, -0.15) is 26.3 Å². The Morgan fingerprint density at radius 2 is 1.50 bits per heavy atom. The van der Waals surface area contributed by atoms with Gasteiger partial charge in [-0.3, -0.25) is 9.59 Å². The minimum absolute atomic E-state index is 0.216. The van der Waals surface area contributed by atoms with Crippen LogP contribution in [-0.4, -0.2) is 49.8 Å². The monoisotopic (exact) mass is 309 g/mol. The van der Waals surface area contributed by atoms with Gasteiger partial charge in [0.2, 0.25) is 11.8 Å². The van der Waals surface area contributed by atoms with E-state index in [1.165, 1.54) is 6.92 Å². The highest BCUT2D eigenvalue weighted by Crippen LogP contribution is 2.40. The van der Waals surface area contributed by atoms with Gasteiger partial charge in [0.05, 0.1) is 13.0 Å². The predicted molar refractivity (Wildman–Crippen MR) is 54.4 cm³/mol. The van der Waals surface area contributed by atoms with Crippen molar-refractivity contribution >= 4 is 11.9 Å². The Balaban J connectivity index is 5.06. The van der Waals surface area contributed by atoms with Crippen molar-refractivity contribution in [2.75, 3.05) is 20.7 Å². The third-order valence-electron chi connectivity index (χ3n) is 2.43. The maximum atomic E-state index is 12.3. The molecule has 0 fully saturated rings. The van der Waals surface area contributed by atoms with Crippen LogP contribution in [0.1, 0.15) is 6.92 Å². The Kier molecular flexibility index (Phi) is 5.85. The molecule has 0 heterocycles. The molecule has 0 bridgehead atoms. The number of carbonyl (C=O) groups is 2. The summed E-state index contributed by atoms with van der Waals surface area (Å²) in [5.74, 6) is -8.16. The summed E-state index contributed by atoms with van der Waals surface area (Å²) in [5, 5.41) is 0. The fourth-order valence-electron chi connectivity index (χ4n) is 1.46. The average molecular weight is 309 g/mol. The third-order valence-corrected chi connectivity index (χ3v) is 2.43. The largest absolute Gasteiger partial charge is 0.469 e. The van der Waals surface area contributed by atoms with E-state index in [4.69, 9.17) is 0 Å². The Hall–Kier alpha value is -1.48. The van der Waals surface area contributed by atoms with Crippen LogP contribution in [-0.2, 0) is 14.3 Å². The predicted octanol–water partition coefficient (Wildman–Crippen LogP) is 1.99. The first-order valence-electron chi connectivity index (χ1n) is 5.28. The number of hydrogen-bond acceptors (Lipinski definition) is 3. The Labute approximate surface area is 110 Å². The summed E-state index contributed by atoms with van der Waals surface area (Å²) in [4.78, 5) is 22.6. The standard InChI is InChI=1S/C10H13F6NO3/c1-5(8(19)20-3)4-17(2)7(18)6(9(11,12)13)10(14,15)16/h5-6H,4H2,1-3H3. The fourth-order valence-corrected chi connectivity index (χ4v) is 1.46. The van der Waals surface area contributed by atoms with Gasteiger partial charge in [0.15, 0.2) is 0 Å². The number of amides is 1. The molecule has 0 radical (unpaired) electrons. The van der Waals surface area contributed by atoms with Crippen LogP contribution in [0.25, 0.3) is 0 Å². The zero-order chi connectivity index (χ0) is 16.3. The lowest BCUT2D eigenvalue weighted by Crippen LogP contribution is -2.49. The maximum Gasteiger partial charge on any atom is 0.409 e. The van der Waals surface area contributed by atoms with E-state index in [2.05, 4.69) is 4.74 Å². The van der Waals surface area contributed by atoms with Crippen LogP contribution in [0.3, 0.4) is 0 Å². The SMILES string of the molecule is COC(=O)C(C)CN(C)C(=O)C(C(F)(F)F)C(F)(F)F. The van der Waals surface area contributed by atoms with Crippen LogP contribution < -0.4 is 0 Å². The molecule has 0 aliphatic carbocycles. The van der Waals surface area contributed by atoms with E-state index in [1.807, 2.05) is 0 Å². The van der Waals surface area contributed by atoms with E-state index < -0.39 is 42.6 Å². The van der Waals surface area contributed by atoms with Crippen molar-refractivity contribution < 1.29 is 40.7 Å². The molecule has 118 valence electrons. The van der Waals surface area contributed by atoms with Crippen molar-refractivity contribution in [2.45, 2.75) is 19.3 Å². The van der Waals surface area contributed by atoms with E-state index in [-0.39, 0.29) is 4.90 Å². The van der Waals surface area contributed by atoms with E-state index in [1.54, 1.807) is 0 Å². The summed E-state index contributed by atoms with van der Waals surface area (Å²) in [7, 11) is 1.77. The van der Waals surface area contributed by atoms with Crippen molar-refractivity contribution in [1.82, 2.24) is 4.90 Å². The highest BCUT2D eigenvalue weighted by Gasteiger charge is 2.61. The molecule has 4 nitrogen and oxygen atoms in total. The van der Waals surface area contributed by atoms with Crippen molar-refractivity contribution in [3.05, 3.63) is 0 Å². The van der Waals surface area contributed by atoms with Gasteiger partial charge in [-0.05, 0) is 0 Å². The van der Waals surface area contributed by atoms with Crippen LogP contribution in [0.4, 0.5) is 26.3 Å². The minimum atomic E-state index is -5.75. The zero-order valence-electron chi connectivity index (χ0n) is 10.8. The van der Waals surface area contributed by atoms with Crippen LogP contribution in [0, 0.1) is 11.8 Å². The number of esters is 1. The number of ether oxygens (including phenoxy) is 1. The molecule has 1 unspecified atom stereocenters. The van der Waals surface area contributed by atoms with Crippen LogP contribution in [0.5, 0.6) is 0 Å². The van der Waals surface area contributed by atoms with Gasteiger partial charge >= 0.3 is 18.3 Å². The van der Waals surface area contributed by atoms with Gasteiger partial charge in [-0.25, -0.2) is 0 Å². The molecule has 20 heavy (non-hydrogen) atoms. The quantitative estimate of drug-likeness (QED) is 0.589. The van der Waals surface area contributed by atoms with E-state index in [0.29, 0.717) is 0 Å². The van der Waals surface area contributed by atoms with Gasteiger partial charge in [0.1, 0.15) is 0 Å². The second-order valence-electron chi connectivity index (χ2n) is 4.16. The van der Waals surface area contributed by atoms with Gasteiger partial charge in [-0.1, -0.05) is 6.92 Å². The van der Waals surface area contributed by atoms with Crippen molar-refractivity contribution in [3.8, 4) is 0 Å². The van der Waals surface area contributed by atoms with E-state index >= 15 is 0 Å². The Bertz CT molecular complexity index is 351. The van der Waals surface area contributed by atoms with E-state index in [9.17, 15) is 35.9 Å². The van der Waals surface area contributed by atoms with Gasteiger partial charge < -0.3 is 9.64 Å². The molecular weight excluding hydrogens is 296 g/mol. The fraction of sp³-hybridized carbons (Fsp3) is 0.800. The number of carbonyl (C=O) groups excluding carboxylic acids is 2. The third kappa shape index (κ3) is 4.89.